The summed E-state index contributed by atoms with van der Waals surface area (Å²) in [4.78, 5) is 30.3. The van der Waals surface area contributed by atoms with E-state index in [2.05, 4.69) is 25.3 Å². The molecule has 4 heterocycles. The van der Waals surface area contributed by atoms with Crippen molar-refractivity contribution in [2.45, 2.75) is 25.8 Å². The molecule has 1 aliphatic rings. The van der Waals surface area contributed by atoms with Crippen molar-refractivity contribution in [3.05, 3.63) is 36.7 Å². The molecule has 4 aromatic rings. The third kappa shape index (κ3) is 3.14. The van der Waals surface area contributed by atoms with Crippen molar-refractivity contribution in [2.24, 2.45) is 5.41 Å². The first-order valence-corrected chi connectivity index (χ1v) is 10.3. The summed E-state index contributed by atoms with van der Waals surface area (Å²) in [6, 6.07) is 1.53. The Bertz CT molecular complexity index is 1340. The quantitative estimate of drug-likeness (QED) is 0.498. The number of carbonyl (C=O) groups is 1. The number of methoxy groups -OCH3 is 1. The SMILES string of the molecule is COc1nc(NC2CC(C)(C(=O)N(C)C)C2)nc2[nH]cc(-c3cc(F)c4nccn4c3)c12. The molecule has 0 unspecified atom stereocenters. The van der Waals surface area contributed by atoms with Gasteiger partial charge in [0, 0.05) is 56.1 Å². The zero-order valence-corrected chi connectivity index (χ0v) is 18.3. The first-order chi connectivity index (χ1) is 15.3. The third-order valence-corrected chi connectivity index (χ3v) is 6.09. The molecule has 1 fully saturated rings. The van der Waals surface area contributed by atoms with E-state index in [1.54, 1.807) is 48.2 Å². The first kappa shape index (κ1) is 20.2. The molecule has 2 N–H and O–H groups in total. The number of halogens is 1. The minimum absolute atomic E-state index is 0.0956. The average Bonchev–Trinajstić information content (AvgIpc) is 3.38. The predicted octanol–water partition coefficient (Wildman–Crippen LogP) is 3.09. The lowest BCUT2D eigenvalue weighted by Crippen LogP contribution is -2.52. The number of fused-ring (bicyclic) bond motifs is 2. The molecular weight excluding hydrogens is 413 g/mol. The number of hydrogen-bond acceptors (Lipinski definition) is 6. The maximum absolute atomic E-state index is 14.5. The van der Waals surface area contributed by atoms with Gasteiger partial charge in [-0.3, -0.25) is 4.79 Å². The number of aromatic amines is 1. The van der Waals surface area contributed by atoms with Crippen LogP contribution in [0.2, 0.25) is 0 Å². The Labute approximate surface area is 183 Å². The van der Waals surface area contributed by atoms with Crippen molar-refractivity contribution >= 4 is 28.5 Å². The number of H-pyrrole nitrogens is 1. The molecule has 0 radical (unpaired) electrons. The van der Waals surface area contributed by atoms with Crippen molar-refractivity contribution in [3.63, 3.8) is 0 Å². The van der Waals surface area contributed by atoms with Gasteiger partial charge in [-0.25, -0.2) is 9.37 Å². The van der Waals surface area contributed by atoms with Gasteiger partial charge in [0.25, 0.3) is 0 Å². The fourth-order valence-corrected chi connectivity index (χ4v) is 4.60. The number of nitrogens with one attached hydrogen (secondary N) is 2. The molecule has 0 bridgehead atoms. The van der Waals surface area contributed by atoms with Gasteiger partial charge in [-0.1, -0.05) is 6.92 Å². The summed E-state index contributed by atoms with van der Waals surface area (Å²) >= 11 is 0. The van der Waals surface area contributed by atoms with E-state index in [1.165, 1.54) is 13.2 Å². The number of anilines is 1. The zero-order valence-electron chi connectivity index (χ0n) is 18.3. The van der Waals surface area contributed by atoms with Gasteiger partial charge >= 0.3 is 0 Å². The van der Waals surface area contributed by atoms with Gasteiger partial charge in [0.05, 0.1) is 17.9 Å². The number of amides is 1. The van der Waals surface area contributed by atoms with Gasteiger partial charge in [-0.2, -0.15) is 9.97 Å². The van der Waals surface area contributed by atoms with Crippen LogP contribution >= 0.6 is 0 Å². The number of ether oxygens (including phenoxy) is 1. The normalized spacial score (nSPS) is 20.3. The molecule has 9 nitrogen and oxygen atoms in total. The molecule has 5 rings (SSSR count). The lowest BCUT2D eigenvalue weighted by atomic mass is 9.66. The van der Waals surface area contributed by atoms with Crippen LogP contribution < -0.4 is 10.1 Å². The maximum atomic E-state index is 14.5. The van der Waals surface area contributed by atoms with Gasteiger partial charge in [-0.15, -0.1) is 0 Å². The van der Waals surface area contributed by atoms with Crippen LogP contribution in [0.4, 0.5) is 10.3 Å². The minimum Gasteiger partial charge on any atom is -0.480 e. The second kappa shape index (κ2) is 7.18. The zero-order chi connectivity index (χ0) is 22.6. The fraction of sp³-hybridized carbons (Fsp3) is 0.364. The van der Waals surface area contributed by atoms with Gasteiger partial charge in [0.2, 0.25) is 17.7 Å². The number of nitrogens with zero attached hydrogens (tertiary/aromatic N) is 5. The van der Waals surface area contributed by atoms with Crippen LogP contribution in [0.15, 0.2) is 30.9 Å². The van der Waals surface area contributed by atoms with Crippen LogP contribution in [0.3, 0.4) is 0 Å². The molecule has 0 aliphatic heterocycles. The fourth-order valence-electron chi connectivity index (χ4n) is 4.60. The van der Waals surface area contributed by atoms with Crippen LogP contribution in [0.5, 0.6) is 5.88 Å². The van der Waals surface area contributed by atoms with Crippen molar-refractivity contribution in [2.75, 3.05) is 26.5 Å². The van der Waals surface area contributed by atoms with E-state index in [1.807, 2.05) is 6.92 Å². The molecule has 0 spiro atoms. The summed E-state index contributed by atoms with van der Waals surface area (Å²) in [5.74, 6) is 0.510. The summed E-state index contributed by atoms with van der Waals surface area (Å²) in [5, 5.41) is 3.97. The standard InChI is InChI=1S/C22H24FN7O2/c1-22(20(31)29(2)3)8-13(9-22)26-21-27-17-16(19(28-21)32-4)14(10-25-17)12-7-15(23)18-24-5-6-30(18)11-12/h5-7,10-11,13H,8-9H2,1-4H3,(H2,25,26,27,28). The number of hydrogen-bond donors (Lipinski definition) is 2. The van der Waals surface area contributed by atoms with E-state index in [4.69, 9.17) is 4.74 Å². The molecule has 32 heavy (non-hydrogen) atoms. The maximum Gasteiger partial charge on any atom is 0.228 e. The molecule has 10 heteroatoms. The molecule has 0 saturated heterocycles. The lowest BCUT2D eigenvalue weighted by Gasteiger charge is -2.45. The topological polar surface area (TPSA) is 100 Å². The summed E-state index contributed by atoms with van der Waals surface area (Å²) in [6.45, 7) is 1.98. The number of rotatable bonds is 5. The smallest absolute Gasteiger partial charge is 0.228 e. The second-order valence-electron chi connectivity index (χ2n) is 8.73. The lowest BCUT2D eigenvalue weighted by molar-refractivity contribution is -0.143. The Kier molecular flexibility index (Phi) is 4.54. The van der Waals surface area contributed by atoms with Crippen LogP contribution in [0.1, 0.15) is 19.8 Å². The third-order valence-electron chi connectivity index (χ3n) is 6.09. The van der Waals surface area contributed by atoms with Crippen molar-refractivity contribution in [3.8, 4) is 17.0 Å². The summed E-state index contributed by atoms with van der Waals surface area (Å²) < 4.78 is 21.7. The summed E-state index contributed by atoms with van der Waals surface area (Å²) in [7, 11) is 5.09. The minimum atomic E-state index is -0.416. The van der Waals surface area contributed by atoms with E-state index in [9.17, 15) is 9.18 Å². The molecule has 1 aliphatic carbocycles. The highest BCUT2D eigenvalue weighted by atomic mass is 19.1. The van der Waals surface area contributed by atoms with Crippen LogP contribution in [-0.2, 0) is 4.79 Å². The second-order valence-corrected chi connectivity index (χ2v) is 8.73. The Morgan fingerprint density at radius 2 is 2.16 bits per heavy atom. The van der Waals surface area contributed by atoms with Crippen molar-refractivity contribution < 1.29 is 13.9 Å². The highest BCUT2D eigenvalue weighted by Crippen LogP contribution is 2.43. The van der Waals surface area contributed by atoms with Crippen molar-refractivity contribution in [1.82, 2.24) is 29.2 Å². The van der Waals surface area contributed by atoms with E-state index in [-0.39, 0.29) is 23.0 Å². The van der Waals surface area contributed by atoms with E-state index >= 15 is 0 Å². The molecular formula is C22H24FN7O2. The van der Waals surface area contributed by atoms with E-state index in [0.717, 1.165) is 5.56 Å². The van der Waals surface area contributed by atoms with Gasteiger partial charge in [-0.05, 0) is 18.9 Å². The number of carbonyl (C=O) groups excluding carboxylic acids is 1. The van der Waals surface area contributed by atoms with Crippen LogP contribution in [-0.4, -0.2) is 62.4 Å². The number of imidazole rings is 1. The van der Waals surface area contributed by atoms with E-state index in [0.29, 0.717) is 41.3 Å². The Balaban J connectivity index is 1.45. The molecule has 0 atom stereocenters. The average molecular weight is 437 g/mol. The van der Waals surface area contributed by atoms with Gasteiger partial charge in [0.15, 0.2) is 11.5 Å². The molecule has 1 amide bonds. The highest BCUT2D eigenvalue weighted by Gasteiger charge is 2.47. The van der Waals surface area contributed by atoms with Crippen LogP contribution in [0.25, 0.3) is 27.8 Å². The number of aromatic nitrogens is 5. The Hall–Kier alpha value is -3.69. The summed E-state index contributed by atoms with van der Waals surface area (Å²) in [6.07, 6.45) is 8.22. The highest BCUT2D eigenvalue weighted by molar-refractivity contribution is 5.97. The predicted molar refractivity (Wildman–Crippen MR) is 118 cm³/mol. The molecule has 166 valence electrons. The number of pyridine rings is 1. The Morgan fingerprint density at radius 1 is 1.38 bits per heavy atom. The largest absolute Gasteiger partial charge is 0.480 e. The molecule has 4 aromatic heterocycles. The molecule has 0 aromatic carbocycles. The van der Waals surface area contributed by atoms with Crippen molar-refractivity contribution in [1.29, 1.82) is 0 Å². The van der Waals surface area contributed by atoms with Crippen LogP contribution in [0, 0.1) is 11.2 Å². The Morgan fingerprint density at radius 3 is 2.88 bits per heavy atom. The van der Waals surface area contributed by atoms with Gasteiger partial charge < -0.3 is 24.3 Å². The van der Waals surface area contributed by atoms with E-state index < -0.39 is 5.82 Å². The monoisotopic (exact) mass is 437 g/mol. The summed E-state index contributed by atoms with van der Waals surface area (Å²) in [5.41, 5.74) is 1.85. The first-order valence-electron chi connectivity index (χ1n) is 10.3. The molecule has 1 saturated carbocycles. The van der Waals surface area contributed by atoms with Gasteiger partial charge in [0.1, 0.15) is 5.65 Å².